The van der Waals surface area contributed by atoms with Crippen LogP contribution in [0.3, 0.4) is 0 Å². The molecule has 0 bridgehead atoms. The van der Waals surface area contributed by atoms with Crippen molar-refractivity contribution in [3.05, 3.63) is 35.4 Å². The van der Waals surface area contributed by atoms with Crippen molar-refractivity contribution in [3.63, 3.8) is 0 Å². The van der Waals surface area contributed by atoms with Gasteiger partial charge in [0.2, 0.25) is 0 Å². The van der Waals surface area contributed by atoms with Gasteiger partial charge in [-0.05, 0) is 43.0 Å². The highest BCUT2D eigenvalue weighted by molar-refractivity contribution is 5.89. The third-order valence-electron chi connectivity index (χ3n) is 3.37. The van der Waals surface area contributed by atoms with E-state index in [0.29, 0.717) is 11.5 Å². The smallest absolute Gasteiger partial charge is 0.337 e. The summed E-state index contributed by atoms with van der Waals surface area (Å²) in [5, 5.41) is 12.4. The molecule has 1 unspecified atom stereocenters. The minimum Gasteiger partial charge on any atom is -0.465 e. The molecule has 2 N–H and O–H groups in total. The van der Waals surface area contributed by atoms with Crippen LogP contribution >= 0.6 is 0 Å². The lowest BCUT2D eigenvalue weighted by atomic mass is 10.00. The Bertz CT molecular complexity index is 383. The number of benzene rings is 1. The van der Waals surface area contributed by atoms with Crippen molar-refractivity contribution < 1.29 is 14.6 Å². The molecule has 0 aliphatic carbocycles. The van der Waals surface area contributed by atoms with Crippen LogP contribution in [0.4, 0.5) is 0 Å². The topological polar surface area (TPSA) is 58.6 Å². The fourth-order valence-corrected chi connectivity index (χ4v) is 2.24. The van der Waals surface area contributed by atoms with Crippen molar-refractivity contribution in [2.45, 2.75) is 32.7 Å². The van der Waals surface area contributed by atoms with Crippen LogP contribution in [0, 0.1) is 5.92 Å². The number of aliphatic hydroxyl groups is 1. The number of esters is 1. The highest BCUT2D eigenvalue weighted by Gasteiger charge is 2.07. The van der Waals surface area contributed by atoms with E-state index in [9.17, 15) is 4.79 Å². The summed E-state index contributed by atoms with van der Waals surface area (Å²) in [5.41, 5.74) is 1.71. The molecule has 1 aromatic rings. The maximum absolute atomic E-state index is 11.3. The van der Waals surface area contributed by atoms with E-state index in [0.717, 1.165) is 37.9 Å². The van der Waals surface area contributed by atoms with E-state index in [2.05, 4.69) is 17.0 Å². The largest absolute Gasteiger partial charge is 0.465 e. The molecule has 0 saturated heterocycles. The first-order chi connectivity index (χ1) is 9.71. The zero-order valence-corrected chi connectivity index (χ0v) is 12.4. The molecule has 0 spiro atoms. The van der Waals surface area contributed by atoms with Gasteiger partial charge in [-0.3, -0.25) is 0 Å². The Morgan fingerprint density at radius 1 is 1.30 bits per heavy atom. The van der Waals surface area contributed by atoms with Crippen LogP contribution in [-0.2, 0) is 11.3 Å². The van der Waals surface area contributed by atoms with E-state index >= 15 is 0 Å². The number of nitrogens with one attached hydrogen (secondary N) is 1. The number of carbonyl (C=O) groups is 1. The van der Waals surface area contributed by atoms with Gasteiger partial charge in [0.1, 0.15) is 0 Å². The fraction of sp³-hybridized carbons (Fsp3) is 0.562. The van der Waals surface area contributed by atoms with E-state index in [-0.39, 0.29) is 12.6 Å². The fourth-order valence-electron chi connectivity index (χ4n) is 2.24. The summed E-state index contributed by atoms with van der Waals surface area (Å²) in [6.45, 7) is 4.09. The molecule has 0 amide bonds. The monoisotopic (exact) mass is 279 g/mol. The van der Waals surface area contributed by atoms with Crippen LogP contribution in [0.15, 0.2) is 24.3 Å². The van der Waals surface area contributed by atoms with Gasteiger partial charge in [0, 0.05) is 13.2 Å². The number of carbonyl (C=O) groups excluding carboxylic acids is 1. The molecule has 0 aliphatic rings. The predicted octanol–water partition coefficient (Wildman–Crippen LogP) is 2.36. The molecular formula is C16H25NO3. The summed E-state index contributed by atoms with van der Waals surface area (Å²) >= 11 is 0. The van der Waals surface area contributed by atoms with Crippen molar-refractivity contribution in [1.82, 2.24) is 5.32 Å². The molecular weight excluding hydrogens is 254 g/mol. The lowest BCUT2D eigenvalue weighted by Crippen LogP contribution is -2.23. The van der Waals surface area contributed by atoms with Gasteiger partial charge in [0.05, 0.1) is 12.7 Å². The molecule has 0 fully saturated rings. The quantitative estimate of drug-likeness (QED) is 0.681. The first-order valence-corrected chi connectivity index (χ1v) is 7.20. The van der Waals surface area contributed by atoms with Gasteiger partial charge in [-0.15, -0.1) is 0 Å². The standard InChI is InChI=1S/C16H25NO3/c1-3-4-13(9-10-18)11-17-12-14-5-7-15(8-6-14)16(19)20-2/h5-8,13,17-18H,3-4,9-12H2,1-2H3. The second kappa shape index (κ2) is 9.50. The summed E-state index contributed by atoms with van der Waals surface area (Å²) in [6, 6.07) is 7.42. The third-order valence-corrected chi connectivity index (χ3v) is 3.37. The SMILES string of the molecule is CCCC(CCO)CNCc1ccc(C(=O)OC)cc1. The molecule has 4 heteroatoms. The first-order valence-electron chi connectivity index (χ1n) is 7.20. The highest BCUT2D eigenvalue weighted by atomic mass is 16.5. The molecule has 1 atom stereocenters. The normalized spacial score (nSPS) is 12.2. The number of aliphatic hydroxyl groups excluding tert-OH is 1. The summed E-state index contributed by atoms with van der Waals surface area (Å²) in [4.78, 5) is 11.3. The number of methoxy groups -OCH3 is 1. The van der Waals surface area contributed by atoms with Crippen LogP contribution in [0.1, 0.15) is 42.1 Å². The Morgan fingerprint density at radius 2 is 2.00 bits per heavy atom. The molecule has 0 aliphatic heterocycles. The Balaban J connectivity index is 2.39. The second-order valence-electron chi connectivity index (χ2n) is 4.99. The summed E-state index contributed by atoms with van der Waals surface area (Å²) in [5.74, 6) is 0.217. The Kier molecular flexibility index (Phi) is 7.92. The van der Waals surface area contributed by atoms with E-state index < -0.39 is 0 Å². The van der Waals surface area contributed by atoms with Crippen molar-refractivity contribution in [3.8, 4) is 0 Å². The van der Waals surface area contributed by atoms with E-state index in [1.165, 1.54) is 7.11 Å². The number of ether oxygens (including phenoxy) is 1. The Hall–Kier alpha value is -1.39. The summed E-state index contributed by atoms with van der Waals surface area (Å²) < 4.78 is 4.66. The van der Waals surface area contributed by atoms with Crippen molar-refractivity contribution >= 4 is 5.97 Å². The lowest BCUT2D eigenvalue weighted by molar-refractivity contribution is 0.0600. The van der Waals surface area contributed by atoms with E-state index in [1.807, 2.05) is 12.1 Å². The maximum Gasteiger partial charge on any atom is 0.337 e. The summed E-state index contributed by atoms with van der Waals surface area (Å²) in [7, 11) is 1.38. The Labute approximate surface area is 121 Å². The molecule has 112 valence electrons. The van der Waals surface area contributed by atoms with Crippen LogP contribution < -0.4 is 5.32 Å². The van der Waals surface area contributed by atoms with E-state index in [1.54, 1.807) is 12.1 Å². The molecule has 1 rings (SSSR count). The molecule has 0 heterocycles. The van der Waals surface area contributed by atoms with Gasteiger partial charge in [-0.25, -0.2) is 4.79 Å². The minimum atomic E-state index is -0.310. The zero-order valence-electron chi connectivity index (χ0n) is 12.4. The number of hydrogen-bond donors (Lipinski definition) is 2. The van der Waals surface area contributed by atoms with Gasteiger partial charge in [0.25, 0.3) is 0 Å². The van der Waals surface area contributed by atoms with Gasteiger partial charge in [-0.1, -0.05) is 25.5 Å². The van der Waals surface area contributed by atoms with Gasteiger partial charge in [-0.2, -0.15) is 0 Å². The Morgan fingerprint density at radius 3 is 2.55 bits per heavy atom. The van der Waals surface area contributed by atoms with Crippen LogP contribution in [0.2, 0.25) is 0 Å². The molecule has 20 heavy (non-hydrogen) atoms. The van der Waals surface area contributed by atoms with Crippen LogP contribution in [0.25, 0.3) is 0 Å². The molecule has 1 aromatic carbocycles. The average molecular weight is 279 g/mol. The van der Waals surface area contributed by atoms with Crippen molar-refractivity contribution in [2.75, 3.05) is 20.3 Å². The van der Waals surface area contributed by atoms with Crippen LogP contribution in [0.5, 0.6) is 0 Å². The van der Waals surface area contributed by atoms with Gasteiger partial charge >= 0.3 is 5.97 Å². The van der Waals surface area contributed by atoms with Crippen molar-refractivity contribution in [1.29, 1.82) is 0 Å². The molecule has 0 saturated carbocycles. The van der Waals surface area contributed by atoms with E-state index in [4.69, 9.17) is 5.11 Å². The second-order valence-corrected chi connectivity index (χ2v) is 4.99. The molecule has 0 radical (unpaired) electrons. The average Bonchev–Trinajstić information content (AvgIpc) is 2.47. The zero-order chi connectivity index (χ0) is 14.8. The number of rotatable bonds is 9. The predicted molar refractivity (Wildman–Crippen MR) is 79.6 cm³/mol. The lowest BCUT2D eigenvalue weighted by Gasteiger charge is -2.15. The van der Waals surface area contributed by atoms with Crippen molar-refractivity contribution in [2.24, 2.45) is 5.92 Å². The third kappa shape index (κ3) is 5.72. The number of hydrogen-bond acceptors (Lipinski definition) is 4. The highest BCUT2D eigenvalue weighted by Crippen LogP contribution is 2.10. The summed E-state index contributed by atoms with van der Waals surface area (Å²) in [6.07, 6.45) is 3.12. The maximum atomic E-state index is 11.3. The van der Waals surface area contributed by atoms with Gasteiger partial charge < -0.3 is 15.2 Å². The molecule has 0 aromatic heterocycles. The minimum absolute atomic E-state index is 0.250. The molecule has 4 nitrogen and oxygen atoms in total. The first kappa shape index (κ1) is 16.7. The van der Waals surface area contributed by atoms with Gasteiger partial charge in [0.15, 0.2) is 0 Å². The van der Waals surface area contributed by atoms with Crippen LogP contribution in [-0.4, -0.2) is 31.3 Å².